The number of methoxy groups -OCH3 is 2. The topological polar surface area (TPSA) is 214 Å². The lowest BCUT2D eigenvalue weighted by atomic mass is 9.74. The molecular weight excluding hydrogens is 694 g/mol. The zero-order valence-corrected chi connectivity index (χ0v) is 34.4. The van der Waals surface area contributed by atoms with Crippen LogP contribution >= 0.6 is 0 Å². The molecule has 3 fully saturated rings. The Kier molecular flexibility index (Phi) is 16.9. The average Bonchev–Trinajstić information content (AvgIpc) is 3.09. The Balaban J connectivity index is 0.00000972. The molecule has 3 saturated heterocycles. The van der Waals surface area contributed by atoms with E-state index in [1.165, 1.54) is 21.1 Å². The van der Waals surface area contributed by atoms with Crippen molar-refractivity contribution in [2.24, 2.45) is 23.7 Å². The maximum atomic E-state index is 14.2. The van der Waals surface area contributed by atoms with E-state index in [2.05, 4.69) is 0 Å². The van der Waals surface area contributed by atoms with Crippen LogP contribution in [-0.2, 0) is 42.7 Å². The number of carbonyl (C=O) groups excluding carboxylic acids is 2. The first-order chi connectivity index (χ1) is 24.0. The second-order valence-electron chi connectivity index (χ2n) is 16.6. The molecule has 3 aliphatic rings. The number of ether oxygens (including phenoxy) is 7. The number of nitrogens with zero attached hydrogens (tertiary/aromatic N) is 1. The minimum absolute atomic E-state index is 0. The summed E-state index contributed by atoms with van der Waals surface area (Å²) in [4.78, 5) is 30.1. The largest absolute Gasteiger partial charge is 0.459 e. The van der Waals surface area contributed by atoms with Gasteiger partial charge in [-0.1, -0.05) is 27.7 Å². The summed E-state index contributed by atoms with van der Waals surface area (Å²) >= 11 is 0. The Labute approximate surface area is 316 Å². The molecule has 3 aliphatic heterocycles. The highest BCUT2D eigenvalue weighted by Gasteiger charge is 2.54. The molecule has 0 saturated carbocycles. The number of ketones is 1. The Bertz CT molecular complexity index is 1190. The normalized spacial score (nSPS) is 48.1. The van der Waals surface area contributed by atoms with Crippen molar-refractivity contribution in [3.63, 3.8) is 0 Å². The van der Waals surface area contributed by atoms with Gasteiger partial charge in [0.15, 0.2) is 12.6 Å². The SMILES string of the molecule is CC[C@H]1OC(=O)[C@H](C)[C@@H](O[C@H]2C[C@@](C)(OC)[C@@H](O)[C@H](C)O2)[C@H](C)[C@@H](O[C@@H]2O[C@H](C)C[C@H](N(C)C)[C@H]2O)[C@](C)(OC)C[C@@H](C)C(=O)[C@H](C)[C@@H](O)[C@]1(C)O.O. The number of aliphatic hydroxyl groups is 4. The molecule has 0 unspecified atom stereocenters. The number of Topliss-reactive ketones (excluding diaryl/α,β-unsaturated/α-hetero) is 1. The second kappa shape index (κ2) is 18.7. The summed E-state index contributed by atoms with van der Waals surface area (Å²) in [5.41, 5.74) is -4.24. The lowest BCUT2D eigenvalue weighted by molar-refractivity contribution is -0.319. The van der Waals surface area contributed by atoms with E-state index in [1.807, 2.05) is 32.8 Å². The zero-order chi connectivity index (χ0) is 39.7. The van der Waals surface area contributed by atoms with Crippen LogP contribution in [0.5, 0.6) is 0 Å². The van der Waals surface area contributed by atoms with Gasteiger partial charge in [0.05, 0.1) is 47.6 Å². The van der Waals surface area contributed by atoms with Crippen molar-refractivity contribution in [2.45, 2.75) is 179 Å². The van der Waals surface area contributed by atoms with Gasteiger partial charge in [0.2, 0.25) is 0 Å². The predicted molar refractivity (Wildman–Crippen MR) is 195 cm³/mol. The highest BCUT2D eigenvalue weighted by molar-refractivity contribution is 5.83. The van der Waals surface area contributed by atoms with Crippen LogP contribution in [0.1, 0.15) is 94.9 Å². The minimum atomic E-state index is -1.96. The molecule has 15 nitrogen and oxygen atoms in total. The summed E-state index contributed by atoms with van der Waals surface area (Å²) in [7, 11) is 6.77. The number of carbonyl (C=O) groups is 2. The van der Waals surface area contributed by atoms with Crippen molar-refractivity contribution in [1.29, 1.82) is 0 Å². The maximum Gasteiger partial charge on any atom is 0.311 e. The molecule has 0 radical (unpaired) electrons. The van der Waals surface area contributed by atoms with Crippen LogP contribution in [0.25, 0.3) is 0 Å². The third-order valence-corrected chi connectivity index (χ3v) is 12.3. The van der Waals surface area contributed by atoms with E-state index < -0.39 is 102 Å². The molecule has 0 aromatic carbocycles. The summed E-state index contributed by atoms with van der Waals surface area (Å²) < 4.78 is 43.9. The van der Waals surface area contributed by atoms with Crippen molar-refractivity contribution in [3.05, 3.63) is 0 Å². The minimum Gasteiger partial charge on any atom is -0.459 e. The van der Waals surface area contributed by atoms with Gasteiger partial charge >= 0.3 is 5.97 Å². The fourth-order valence-electron chi connectivity index (χ4n) is 8.58. The molecule has 0 aliphatic carbocycles. The number of aliphatic hydroxyl groups excluding tert-OH is 3. The van der Waals surface area contributed by atoms with E-state index in [9.17, 15) is 30.0 Å². The third kappa shape index (κ3) is 10.2. The fraction of sp³-hybridized carbons (Fsp3) is 0.947. The lowest BCUT2D eigenvalue weighted by Gasteiger charge is -2.50. The van der Waals surface area contributed by atoms with Gasteiger partial charge in [0, 0.05) is 44.4 Å². The molecule has 0 aromatic rings. The monoisotopic (exact) mass is 765 g/mol. The van der Waals surface area contributed by atoms with Crippen molar-refractivity contribution < 1.29 is 68.6 Å². The molecule has 53 heavy (non-hydrogen) atoms. The summed E-state index contributed by atoms with van der Waals surface area (Å²) in [6.07, 6.45) is -8.73. The molecule has 3 rings (SSSR count). The summed E-state index contributed by atoms with van der Waals surface area (Å²) in [6, 6.07) is -0.283. The quantitative estimate of drug-likeness (QED) is 0.259. The molecule has 3 heterocycles. The molecular formula is C38H71NO14. The van der Waals surface area contributed by atoms with Gasteiger partial charge in [-0.3, -0.25) is 9.59 Å². The van der Waals surface area contributed by atoms with Gasteiger partial charge in [-0.05, 0) is 74.9 Å². The number of rotatable bonds is 8. The Hall–Kier alpha value is -1.34. The molecule has 18 atom stereocenters. The predicted octanol–water partition coefficient (Wildman–Crippen LogP) is 1.62. The lowest BCUT2D eigenvalue weighted by Crippen LogP contribution is -2.61. The van der Waals surface area contributed by atoms with E-state index in [0.29, 0.717) is 6.42 Å². The van der Waals surface area contributed by atoms with Crippen LogP contribution in [0.4, 0.5) is 0 Å². The maximum absolute atomic E-state index is 14.2. The molecule has 15 heteroatoms. The van der Waals surface area contributed by atoms with E-state index >= 15 is 0 Å². The Morgan fingerprint density at radius 3 is 1.96 bits per heavy atom. The number of hydrogen-bond acceptors (Lipinski definition) is 14. The van der Waals surface area contributed by atoms with Gasteiger partial charge in [-0.25, -0.2) is 0 Å². The highest BCUT2D eigenvalue weighted by atomic mass is 16.7. The first kappa shape index (κ1) is 47.8. The summed E-state index contributed by atoms with van der Waals surface area (Å²) in [5.74, 6) is -4.47. The second-order valence-corrected chi connectivity index (χ2v) is 16.6. The third-order valence-electron chi connectivity index (χ3n) is 12.3. The van der Waals surface area contributed by atoms with Crippen molar-refractivity contribution >= 4 is 11.8 Å². The van der Waals surface area contributed by atoms with Gasteiger partial charge in [0.1, 0.15) is 29.7 Å². The van der Waals surface area contributed by atoms with Crippen LogP contribution < -0.4 is 0 Å². The van der Waals surface area contributed by atoms with Gasteiger partial charge < -0.3 is 64.0 Å². The zero-order valence-electron chi connectivity index (χ0n) is 34.4. The number of likely N-dealkylation sites (N-methyl/N-ethyl adjacent to an activating group) is 1. The van der Waals surface area contributed by atoms with Crippen LogP contribution in [0.3, 0.4) is 0 Å². The first-order valence-corrected chi connectivity index (χ1v) is 18.9. The number of hydrogen-bond donors (Lipinski definition) is 4. The van der Waals surface area contributed by atoms with Crippen LogP contribution in [0, 0.1) is 23.7 Å². The standard InChI is InChI=1S/C38H69NO13.H2O/c1-15-26-38(10,45)31(42)21(4)28(40)19(2)17-37(9,47-14)33(52-35-29(41)25(39(11)12)16-20(3)48-35)22(5)30(23(6)34(44)50-26)51-27-18-36(8,46-13)32(43)24(7)49-27;/h19-27,29-33,35,41-43,45H,15-18H2,1-14H3;1H2/t19-,20-,21+,22+,23-,24+,25+,26-,27+,29-,30+,31-,32+,33-,35+,36-,37-,38-;/m1./s1. The number of esters is 1. The fourth-order valence-corrected chi connectivity index (χ4v) is 8.58. The molecule has 0 amide bonds. The first-order valence-electron chi connectivity index (χ1n) is 18.9. The van der Waals surface area contributed by atoms with E-state index in [1.54, 1.807) is 48.5 Å². The molecule has 0 spiro atoms. The Morgan fingerprint density at radius 1 is 0.849 bits per heavy atom. The molecule has 0 aromatic heterocycles. The number of cyclic esters (lactones) is 1. The van der Waals surface area contributed by atoms with Crippen molar-refractivity contribution in [2.75, 3.05) is 28.3 Å². The van der Waals surface area contributed by atoms with E-state index in [4.69, 9.17) is 33.2 Å². The molecule has 0 bridgehead atoms. The van der Waals surface area contributed by atoms with E-state index in [-0.39, 0.29) is 42.7 Å². The van der Waals surface area contributed by atoms with Crippen molar-refractivity contribution in [3.8, 4) is 0 Å². The van der Waals surface area contributed by atoms with Gasteiger partial charge in [-0.15, -0.1) is 0 Å². The highest BCUT2D eigenvalue weighted by Crippen LogP contribution is 2.41. The van der Waals surface area contributed by atoms with Crippen LogP contribution in [0.2, 0.25) is 0 Å². The average molecular weight is 766 g/mol. The smallest absolute Gasteiger partial charge is 0.311 e. The molecule has 312 valence electrons. The van der Waals surface area contributed by atoms with Gasteiger partial charge in [-0.2, -0.15) is 0 Å². The van der Waals surface area contributed by atoms with E-state index in [0.717, 1.165) is 0 Å². The van der Waals surface area contributed by atoms with Gasteiger partial charge in [0.25, 0.3) is 0 Å². The summed E-state index contributed by atoms with van der Waals surface area (Å²) in [5, 5.41) is 45.6. The summed E-state index contributed by atoms with van der Waals surface area (Å²) in [6.45, 7) is 17.1. The van der Waals surface area contributed by atoms with Crippen molar-refractivity contribution in [1.82, 2.24) is 4.90 Å². The Morgan fingerprint density at radius 2 is 1.43 bits per heavy atom. The molecule has 6 N–H and O–H groups in total. The van der Waals surface area contributed by atoms with Crippen LogP contribution in [0.15, 0.2) is 0 Å². The van der Waals surface area contributed by atoms with Crippen LogP contribution in [-0.4, -0.2) is 155 Å².